The highest BCUT2D eigenvalue weighted by Gasteiger charge is 2.21. The SMILES string of the molecule is O=C(NCc1ccc(CO)cc1)[C@@H]1CCCN1. The van der Waals surface area contributed by atoms with Crippen LogP contribution in [0.5, 0.6) is 0 Å². The standard InChI is InChI=1S/C13H18N2O2/c16-9-11-5-3-10(4-6-11)8-15-13(17)12-2-1-7-14-12/h3-6,12,14,16H,1-2,7-9H2,(H,15,17)/t12-/m0/s1. The van der Waals surface area contributed by atoms with E-state index in [4.69, 9.17) is 5.11 Å². The molecule has 3 N–H and O–H groups in total. The second-order valence-corrected chi connectivity index (χ2v) is 4.34. The number of hydrogen-bond acceptors (Lipinski definition) is 3. The summed E-state index contributed by atoms with van der Waals surface area (Å²) in [5.41, 5.74) is 1.94. The number of hydrogen-bond donors (Lipinski definition) is 3. The summed E-state index contributed by atoms with van der Waals surface area (Å²) in [6.07, 6.45) is 2.00. The van der Waals surface area contributed by atoms with Crippen LogP contribution in [0.1, 0.15) is 24.0 Å². The minimum absolute atomic E-state index is 0.0216. The number of amides is 1. The highest BCUT2D eigenvalue weighted by Crippen LogP contribution is 2.06. The van der Waals surface area contributed by atoms with Gasteiger partial charge in [0, 0.05) is 6.54 Å². The van der Waals surface area contributed by atoms with Gasteiger partial charge in [0.05, 0.1) is 12.6 Å². The highest BCUT2D eigenvalue weighted by atomic mass is 16.3. The van der Waals surface area contributed by atoms with E-state index in [-0.39, 0.29) is 18.6 Å². The van der Waals surface area contributed by atoms with E-state index in [1.54, 1.807) is 0 Å². The maximum absolute atomic E-state index is 11.7. The van der Waals surface area contributed by atoms with Crippen molar-refractivity contribution in [3.05, 3.63) is 35.4 Å². The van der Waals surface area contributed by atoms with Gasteiger partial charge in [-0.1, -0.05) is 24.3 Å². The topological polar surface area (TPSA) is 61.4 Å². The van der Waals surface area contributed by atoms with E-state index in [0.29, 0.717) is 6.54 Å². The van der Waals surface area contributed by atoms with Crippen molar-refractivity contribution in [2.24, 2.45) is 0 Å². The first-order chi connectivity index (χ1) is 8.29. The maximum Gasteiger partial charge on any atom is 0.237 e. The Morgan fingerprint density at radius 3 is 2.65 bits per heavy atom. The second kappa shape index (κ2) is 5.80. The van der Waals surface area contributed by atoms with Crippen LogP contribution in [0.2, 0.25) is 0 Å². The van der Waals surface area contributed by atoms with Gasteiger partial charge in [-0.15, -0.1) is 0 Å². The van der Waals surface area contributed by atoms with Crippen LogP contribution < -0.4 is 10.6 Å². The molecule has 1 aliphatic rings. The molecule has 0 spiro atoms. The lowest BCUT2D eigenvalue weighted by Gasteiger charge is -2.11. The van der Waals surface area contributed by atoms with E-state index in [0.717, 1.165) is 30.5 Å². The fourth-order valence-corrected chi connectivity index (χ4v) is 1.98. The van der Waals surface area contributed by atoms with Crippen LogP contribution >= 0.6 is 0 Å². The van der Waals surface area contributed by atoms with Crippen molar-refractivity contribution in [3.63, 3.8) is 0 Å². The molecule has 1 aromatic rings. The molecule has 0 unspecified atom stereocenters. The normalized spacial score (nSPS) is 19.2. The Balaban J connectivity index is 1.82. The van der Waals surface area contributed by atoms with Crippen LogP contribution in [0.25, 0.3) is 0 Å². The van der Waals surface area contributed by atoms with Crippen molar-refractivity contribution in [1.82, 2.24) is 10.6 Å². The summed E-state index contributed by atoms with van der Waals surface area (Å²) in [6.45, 7) is 1.53. The molecule has 0 bridgehead atoms. The van der Waals surface area contributed by atoms with Crippen molar-refractivity contribution in [3.8, 4) is 0 Å². The van der Waals surface area contributed by atoms with Crippen LogP contribution in [0.15, 0.2) is 24.3 Å². The Labute approximate surface area is 101 Å². The number of nitrogens with one attached hydrogen (secondary N) is 2. The molecule has 0 saturated carbocycles. The predicted molar refractivity (Wildman–Crippen MR) is 65.2 cm³/mol. The first kappa shape index (κ1) is 12.1. The molecule has 1 fully saturated rings. The van der Waals surface area contributed by atoms with Gasteiger partial charge in [-0.05, 0) is 30.5 Å². The molecule has 1 saturated heterocycles. The van der Waals surface area contributed by atoms with Gasteiger partial charge < -0.3 is 15.7 Å². The average Bonchev–Trinajstić information content (AvgIpc) is 2.90. The summed E-state index contributed by atoms with van der Waals surface area (Å²) in [4.78, 5) is 11.7. The Morgan fingerprint density at radius 1 is 1.35 bits per heavy atom. The Morgan fingerprint density at radius 2 is 2.06 bits per heavy atom. The van der Waals surface area contributed by atoms with Crippen LogP contribution in [0.4, 0.5) is 0 Å². The van der Waals surface area contributed by atoms with E-state index >= 15 is 0 Å². The zero-order valence-corrected chi connectivity index (χ0v) is 9.78. The number of aliphatic hydroxyl groups excluding tert-OH is 1. The van der Waals surface area contributed by atoms with E-state index in [2.05, 4.69) is 10.6 Å². The molecule has 0 aromatic heterocycles. The molecular formula is C13H18N2O2. The van der Waals surface area contributed by atoms with Crippen molar-refractivity contribution in [1.29, 1.82) is 0 Å². The highest BCUT2D eigenvalue weighted by molar-refractivity contribution is 5.81. The summed E-state index contributed by atoms with van der Waals surface area (Å²) >= 11 is 0. The zero-order valence-electron chi connectivity index (χ0n) is 9.78. The lowest BCUT2D eigenvalue weighted by atomic mass is 10.1. The Kier molecular flexibility index (Phi) is 4.12. The maximum atomic E-state index is 11.7. The van der Waals surface area contributed by atoms with Crippen LogP contribution in [-0.4, -0.2) is 23.6 Å². The van der Waals surface area contributed by atoms with Crippen molar-refractivity contribution >= 4 is 5.91 Å². The molecule has 1 heterocycles. The van der Waals surface area contributed by atoms with Gasteiger partial charge in [-0.2, -0.15) is 0 Å². The molecule has 2 rings (SSSR count). The van der Waals surface area contributed by atoms with Crippen LogP contribution in [0.3, 0.4) is 0 Å². The monoisotopic (exact) mass is 234 g/mol. The lowest BCUT2D eigenvalue weighted by molar-refractivity contribution is -0.122. The molecule has 0 aliphatic carbocycles. The minimum Gasteiger partial charge on any atom is -0.392 e. The second-order valence-electron chi connectivity index (χ2n) is 4.34. The van der Waals surface area contributed by atoms with Crippen LogP contribution in [0, 0.1) is 0 Å². The van der Waals surface area contributed by atoms with E-state index < -0.39 is 0 Å². The molecule has 1 amide bonds. The smallest absolute Gasteiger partial charge is 0.237 e. The third kappa shape index (κ3) is 3.28. The van der Waals surface area contributed by atoms with Gasteiger partial charge in [-0.25, -0.2) is 0 Å². The summed E-state index contributed by atoms with van der Waals surface area (Å²) in [5, 5.41) is 15.0. The summed E-state index contributed by atoms with van der Waals surface area (Å²) < 4.78 is 0. The van der Waals surface area contributed by atoms with Crippen molar-refractivity contribution < 1.29 is 9.90 Å². The quantitative estimate of drug-likeness (QED) is 0.713. The first-order valence-electron chi connectivity index (χ1n) is 5.99. The molecule has 4 nitrogen and oxygen atoms in total. The van der Waals surface area contributed by atoms with Gasteiger partial charge in [0.15, 0.2) is 0 Å². The number of carbonyl (C=O) groups excluding carboxylic acids is 1. The Bertz CT molecular complexity index is 370. The molecule has 0 radical (unpaired) electrons. The number of benzene rings is 1. The zero-order chi connectivity index (χ0) is 12.1. The summed E-state index contributed by atoms with van der Waals surface area (Å²) in [6, 6.07) is 7.57. The van der Waals surface area contributed by atoms with E-state index in [1.807, 2.05) is 24.3 Å². The number of carbonyl (C=O) groups is 1. The minimum atomic E-state index is -0.0216. The predicted octanol–water partition coefficient (Wildman–Crippen LogP) is 0.547. The third-order valence-electron chi connectivity index (χ3n) is 3.05. The molecule has 4 heteroatoms. The van der Waals surface area contributed by atoms with Gasteiger partial charge in [0.25, 0.3) is 0 Å². The van der Waals surface area contributed by atoms with E-state index in [1.165, 1.54) is 0 Å². The lowest BCUT2D eigenvalue weighted by Crippen LogP contribution is -2.39. The van der Waals surface area contributed by atoms with Gasteiger partial charge >= 0.3 is 0 Å². The molecule has 92 valence electrons. The van der Waals surface area contributed by atoms with Crippen LogP contribution in [-0.2, 0) is 17.9 Å². The summed E-state index contributed by atoms with van der Waals surface area (Å²) in [5.74, 6) is 0.0775. The summed E-state index contributed by atoms with van der Waals surface area (Å²) in [7, 11) is 0. The van der Waals surface area contributed by atoms with Gasteiger partial charge in [0.1, 0.15) is 0 Å². The average molecular weight is 234 g/mol. The van der Waals surface area contributed by atoms with Gasteiger partial charge in [0.2, 0.25) is 5.91 Å². The number of aliphatic hydroxyl groups is 1. The third-order valence-corrected chi connectivity index (χ3v) is 3.05. The largest absolute Gasteiger partial charge is 0.392 e. The molecular weight excluding hydrogens is 216 g/mol. The van der Waals surface area contributed by atoms with E-state index in [9.17, 15) is 4.79 Å². The fraction of sp³-hybridized carbons (Fsp3) is 0.462. The molecule has 1 aromatic carbocycles. The van der Waals surface area contributed by atoms with Gasteiger partial charge in [-0.3, -0.25) is 4.79 Å². The molecule has 17 heavy (non-hydrogen) atoms. The van der Waals surface area contributed by atoms with Crippen molar-refractivity contribution in [2.75, 3.05) is 6.54 Å². The molecule has 1 aliphatic heterocycles. The first-order valence-corrected chi connectivity index (χ1v) is 5.99. The van der Waals surface area contributed by atoms with Crippen molar-refractivity contribution in [2.45, 2.75) is 32.0 Å². The number of rotatable bonds is 4. The fourth-order valence-electron chi connectivity index (χ4n) is 1.98. The molecule has 1 atom stereocenters. The Hall–Kier alpha value is -1.39.